The van der Waals surface area contributed by atoms with E-state index >= 15 is 0 Å². The molecule has 3 rings (SSSR count). The lowest BCUT2D eigenvalue weighted by Crippen LogP contribution is -2.04. The van der Waals surface area contributed by atoms with Gasteiger partial charge >= 0.3 is 0 Å². The quantitative estimate of drug-likeness (QED) is 0.630. The fraction of sp³-hybridized carbons (Fsp3) is 0.200. The van der Waals surface area contributed by atoms with Crippen LogP contribution in [0.4, 0.5) is 23.1 Å². The highest BCUT2D eigenvalue weighted by Gasteiger charge is 2.08. The van der Waals surface area contributed by atoms with E-state index in [-0.39, 0.29) is 5.78 Å². The third kappa shape index (κ3) is 4.22. The van der Waals surface area contributed by atoms with E-state index < -0.39 is 0 Å². The Morgan fingerprint density at radius 1 is 1.00 bits per heavy atom. The Morgan fingerprint density at radius 3 is 2.42 bits per heavy atom. The summed E-state index contributed by atoms with van der Waals surface area (Å²) in [4.78, 5) is 15.8. The first-order valence-corrected chi connectivity index (χ1v) is 8.46. The Hall–Kier alpha value is -3.28. The van der Waals surface area contributed by atoms with Crippen LogP contribution >= 0.6 is 0 Å². The van der Waals surface area contributed by atoms with Gasteiger partial charge in [-0.3, -0.25) is 4.79 Å². The number of anilines is 4. The van der Waals surface area contributed by atoms with Crippen LogP contribution in [0.1, 0.15) is 42.6 Å². The Labute approximate surface area is 152 Å². The largest absolute Gasteiger partial charge is 0.339 e. The number of carbonyl (C=O) groups is 1. The Bertz CT molecular complexity index is 906. The number of Topliss-reactive ketones (excluding diaryl/α,β-unsaturated/α-hetero) is 1. The highest BCUT2D eigenvalue weighted by atomic mass is 16.1. The van der Waals surface area contributed by atoms with Crippen LogP contribution in [0.15, 0.2) is 54.7 Å². The molecule has 0 radical (unpaired) electrons. The normalized spacial score (nSPS) is 10.6. The molecule has 26 heavy (non-hydrogen) atoms. The molecule has 2 aromatic carbocycles. The van der Waals surface area contributed by atoms with Gasteiger partial charge in [0.1, 0.15) is 0 Å². The molecule has 2 N–H and O–H groups in total. The highest BCUT2D eigenvalue weighted by Crippen LogP contribution is 2.26. The molecule has 0 saturated carbocycles. The molecular formula is C20H21N5O. The lowest BCUT2D eigenvalue weighted by atomic mass is 10.0. The number of para-hydroxylation sites is 1. The SMILES string of the molecule is CC(=O)c1ccc(Nc2cnnc(Nc3ccccc3C(C)C)n2)cc1. The van der Waals surface area contributed by atoms with E-state index in [2.05, 4.69) is 45.7 Å². The lowest BCUT2D eigenvalue weighted by molar-refractivity contribution is 0.101. The van der Waals surface area contributed by atoms with Crippen LogP contribution < -0.4 is 10.6 Å². The molecule has 0 bridgehead atoms. The number of rotatable bonds is 6. The molecule has 0 amide bonds. The van der Waals surface area contributed by atoms with E-state index in [9.17, 15) is 4.79 Å². The fourth-order valence-electron chi connectivity index (χ4n) is 2.59. The molecule has 3 aromatic rings. The molecule has 0 spiro atoms. The van der Waals surface area contributed by atoms with E-state index in [1.807, 2.05) is 30.3 Å². The number of aromatic nitrogens is 3. The number of carbonyl (C=O) groups excluding carboxylic acids is 1. The molecule has 6 nitrogen and oxygen atoms in total. The van der Waals surface area contributed by atoms with Crippen molar-refractivity contribution in [2.45, 2.75) is 26.7 Å². The maximum absolute atomic E-state index is 11.3. The van der Waals surface area contributed by atoms with Gasteiger partial charge in [-0.15, -0.1) is 5.10 Å². The minimum absolute atomic E-state index is 0.0376. The smallest absolute Gasteiger partial charge is 0.249 e. The van der Waals surface area contributed by atoms with Crippen LogP contribution in [0.25, 0.3) is 0 Å². The zero-order valence-electron chi connectivity index (χ0n) is 15.0. The second kappa shape index (κ2) is 7.74. The summed E-state index contributed by atoms with van der Waals surface area (Å²) < 4.78 is 0. The van der Waals surface area contributed by atoms with Crippen molar-refractivity contribution in [2.24, 2.45) is 0 Å². The first-order valence-electron chi connectivity index (χ1n) is 8.46. The molecule has 0 aliphatic heterocycles. The van der Waals surface area contributed by atoms with Crippen LogP contribution in [-0.4, -0.2) is 21.0 Å². The Balaban J connectivity index is 1.77. The molecule has 0 aliphatic carbocycles. The van der Waals surface area contributed by atoms with Crippen molar-refractivity contribution in [1.82, 2.24) is 15.2 Å². The minimum atomic E-state index is 0.0376. The predicted molar refractivity (Wildman–Crippen MR) is 103 cm³/mol. The summed E-state index contributed by atoms with van der Waals surface area (Å²) in [5, 5.41) is 14.5. The topological polar surface area (TPSA) is 79.8 Å². The second-order valence-corrected chi connectivity index (χ2v) is 6.29. The van der Waals surface area contributed by atoms with Gasteiger partial charge in [0.2, 0.25) is 5.95 Å². The molecular weight excluding hydrogens is 326 g/mol. The average molecular weight is 347 g/mol. The molecule has 0 saturated heterocycles. The molecule has 0 atom stereocenters. The predicted octanol–water partition coefficient (Wildman–Crippen LogP) is 4.68. The van der Waals surface area contributed by atoms with Crippen molar-refractivity contribution in [2.75, 3.05) is 10.6 Å². The van der Waals surface area contributed by atoms with Crippen LogP contribution in [0, 0.1) is 0 Å². The average Bonchev–Trinajstić information content (AvgIpc) is 2.63. The van der Waals surface area contributed by atoms with E-state index in [1.54, 1.807) is 25.3 Å². The van der Waals surface area contributed by atoms with Gasteiger partial charge in [-0.25, -0.2) is 0 Å². The van der Waals surface area contributed by atoms with Gasteiger partial charge in [-0.05, 0) is 48.7 Å². The molecule has 0 unspecified atom stereocenters. The van der Waals surface area contributed by atoms with Crippen molar-refractivity contribution in [1.29, 1.82) is 0 Å². The van der Waals surface area contributed by atoms with Crippen molar-refractivity contribution < 1.29 is 4.79 Å². The van der Waals surface area contributed by atoms with Gasteiger partial charge in [0, 0.05) is 16.9 Å². The summed E-state index contributed by atoms with van der Waals surface area (Å²) in [7, 11) is 0. The second-order valence-electron chi connectivity index (χ2n) is 6.29. The molecule has 1 aromatic heterocycles. The number of hydrogen-bond donors (Lipinski definition) is 2. The number of ketones is 1. The van der Waals surface area contributed by atoms with E-state index in [1.165, 1.54) is 5.56 Å². The van der Waals surface area contributed by atoms with Crippen LogP contribution in [0.3, 0.4) is 0 Å². The van der Waals surface area contributed by atoms with E-state index in [0.29, 0.717) is 23.2 Å². The summed E-state index contributed by atoms with van der Waals surface area (Å²) in [6.07, 6.45) is 1.55. The molecule has 132 valence electrons. The highest BCUT2D eigenvalue weighted by molar-refractivity contribution is 5.94. The third-order valence-corrected chi connectivity index (χ3v) is 3.95. The van der Waals surface area contributed by atoms with Gasteiger partial charge < -0.3 is 10.6 Å². The standard InChI is InChI=1S/C20H21N5O/c1-13(2)17-6-4-5-7-18(17)23-20-24-19(12-21-25-20)22-16-10-8-15(9-11-16)14(3)26/h4-13H,1-3H3,(H2,22,23,24,25). The van der Waals surface area contributed by atoms with Gasteiger partial charge in [-0.2, -0.15) is 10.1 Å². The maximum Gasteiger partial charge on any atom is 0.249 e. The molecule has 6 heteroatoms. The van der Waals surface area contributed by atoms with Crippen molar-refractivity contribution in [3.63, 3.8) is 0 Å². The number of benzene rings is 2. The fourth-order valence-corrected chi connectivity index (χ4v) is 2.59. The van der Waals surface area contributed by atoms with E-state index in [0.717, 1.165) is 11.4 Å². The van der Waals surface area contributed by atoms with Gasteiger partial charge in [0.05, 0.1) is 6.20 Å². The van der Waals surface area contributed by atoms with Gasteiger partial charge in [0.25, 0.3) is 0 Å². The summed E-state index contributed by atoms with van der Waals surface area (Å²) >= 11 is 0. The lowest BCUT2D eigenvalue weighted by Gasteiger charge is -2.13. The maximum atomic E-state index is 11.3. The van der Waals surface area contributed by atoms with Crippen LogP contribution in [0.5, 0.6) is 0 Å². The number of nitrogens with one attached hydrogen (secondary N) is 2. The van der Waals surface area contributed by atoms with Crippen LogP contribution in [-0.2, 0) is 0 Å². The number of hydrogen-bond acceptors (Lipinski definition) is 6. The minimum Gasteiger partial charge on any atom is -0.339 e. The summed E-state index contributed by atoms with van der Waals surface area (Å²) in [5.41, 5.74) is 3.65. The summed E-state index contributed by atoms with van der Waals surface area (Å²) in [6.45, 7) is 5.83. The molecule has 0 aliphatic rings. The zero-order chi connectivity index (χ0) is 18.5. The van der Waals surface area contributed by atoms with Gasteiger partial charge in [-0.1, -0.05) is 32.0 Å². The monoisotopic (exact) mass is 347 g/mol. The molecule has 0 fully saturated rings. The Morgan fingerprint density at radius 2 is 1.73 bits per heavy atom. The van der Waals surface area contributed by atoms with Crippen molar-refractivity contribution in [3.05, 3.63) is 65.9 Å². The zero-order valence-corrected chi connectivity index (χ0v) is 15.0. The first-order chi connectivity index (χ1) is 12.5. The van der Waals surface area contributed by atoms with Gasteiger partial charge in [0.15, 0.2) is 11.6 Å². The van der Waals surface area contributed by atoms with Crippen LogP contribution in [0.2, 0.25) is 0 Å². The first kappa shape index (κ1) is 17.5. The number of nitrogens with zero attached hydrogens (tertiary/aromatic N) is 3. The third-order valence-electron chi connectivity index (χ3n) is 3.95. The summed E-state index contributed by atoms with van der Waals surface area (Å²) in [6, 6.07) is 15.3. The molecule has 1 heterocycles. The van der Waals surface area contributed by atoms with Crippen molar-refractivity contribution in [3.8, 4) is 0 Å². The Kier molecular flexibility index (Phi) is 5.22. The summed E-state index contributed by atoms with van der Waals surface area (Å²) in [5.74, 6) is 1.41. The van der Waals surface area contributed by atoms with Crippen molar-refractivity contribution >= 4 is 28.9 Å². The van der Waals surface area contributed by atoms with E-state index in [4.69, 9.17) is 0 Å².